The van der Waals surface area contributed by atoms with Crippen LogP contribution in [0.25, 0.3) is 11.1 Å². The number of aromatic nitrogens is 2. The lowest BCUT2D eigenvalue weighted by molar-refractivity contribution is -0.153. The number of carbonyl (C=O) groups excluding carboxylic acids is 3. The molecule has 2 unspecified atom stereocenters. The van der Waals surface area contributed by atoms with Crippen molar-refractivity contribution in [1.29, 1.82) is 5.41 Å². The molecule has 4 rings (SSSR count). The van der Waals surface area contributed by atoms with Crippen LogP contribution in [0.5, 0.6) is 0 Å². The Bertz CT molecular complexity index is 2170. The summed E-state index contributed by atoms with van der Waals surface area (Å²) in [7, 11) is 1.34. The predicted molar refractivity (Wildman–Crippen MR) is 266 cm³/mol. The van der Waals surface area contributed by atoms with Gasteiger partial charge in [-0.2, -0.15) is 0 Å². The SMILES string of the molecule is C=CC1CC1(C/C=C/CCCCN(C(=O)CCc1ccc(-c2ccc(CCCC/C=C/CC(=N)NC(=O)c3nc(Cl)c(N)nc3N)cc2)cc1)[C@@H](CCCCN)C(=O)OC)[C@@H](O)[C@H](O)[C@H](O)CO. The maximum absolute atomic E-state index is 13.9. The summed E-state index contributed by atoms with van der Waals surface area (Å²) in [5.41, 5.74) is 20.6. The molecule has 1 saturated carbocycles. The number of nitrogens with one attached hydrogen (secondary N) is 2. The van der Waals surface area contributed by atoms with Crippen LogP contribution in [0.15, 0.2) is 85.5 Å². The smallest absolute Gasteiger partial charge is 0.328 e. The first-order valence-electron chi connectivity index (χ1n) is 23.5. The van der Waals surface area contributed by atoms with Crippen molar-refractivity contribution in [2.45, 2.75) is 121 Å². The second-order valence-corrected chi connectivity index (χ2v) is 17.8. The number of unbranched alkanes of at least 4 members (excludes halogenated alkanes) is 5. The van der Waals surface area contributed by atoms with Gasteiger partial charge in [-0.05, 0) is 118 Å². The van der Waals surface area contributed by atoms with Crippen molar-refractivity contribution < 1.29 is 39.5 Å². The normalized spacial score (nSPS) is 17.4. The number of aliphatic hydroxyl groups is 4. The molecule has 1 aromatic heterocycles. The molecule has 12 N–H and O–H groups in total. The largest absolute Gasteiger partial charge is 0.467 e. The van der Waals surface area contributed by atoms with Crippen molar-refractivity contribution in [3.05, 3.63) is 107 Å². The van der Waals surface area contributed by atoms with Crippen molar-refractivity contribution in [3.8, 4) is 11.1 Å². The van der Waals surface area contributed by atoms with Crippen molar-refractivity contribution >= 4 is 46.9 Å². The molecule has 17 heteroatoms. The van der Waals surface area contributed by atoms with Crippen molar-refractivity contribution in [1.82, 2.24) is 20.2 Å². The second-order valence-electron chi connectivity index (χ2n) is 17.4. The van der Waals surface area contributed by atoms with Gasteiger partial charge >= 0.3 is 5.97 Å². The molecule has 3 aromatic rings. The highest BCUT2D eigenvalue weighted by molar-refractivity contribution is 6.31. The van der Waals surface area contributed by atoms with Gasteiger partial charge in [0.2, 0.25) is 5.91 Å². The maximum Gasteiger partial charge on any atom is 0.328 e. The van der Waals surface area contributed by atoms with E-state index in [0.717, 1.165) is 55.2 Å². The number of aliphatic hydroxyl groups excluding tert-OH is 4. The quantitative estimate of drug-likeness (QED) is 0.0125. The molecule has 0 bridgehead atoms. The van der Waals surface area contributed by atoms with Gasteiger partial charge in [-0.1, -0.05) is 90.5 Å². The lowest BCUT2D eigenvalue weighted by Crippen LogP contribution is -2.46. The molecular formula is C51H71ClN8O8. The van der Waals surface area contributed by atoms with Crippen LogP contribution >= 0.6 is 11.6 Å². The average Bonchev–Trinajstić information content (AvgIpc) is 4.07. The van der Waals surface area contributed by atoms with Crippen molar-refractivity contribution in [3.63, 3.8) is 0 Å². The number of ether oxygens (including phenoxy) is 1. The van der Waals surface area contributed by atoms with Gasteiger partial charge in [0.15, 0.2) is 22.5 Å². The van der Waals surface area contributed by atoms with E-state index in [1.54, 1.807) is 11.0 Å². The van der Waals surface area contributed by atoms with Crippen molar-refractivity contribution in [2.75, 3.05) is 38.3 Å². The number of carbonyl (C=O) groups is 3. The fourth-order valence-electron chi connectivity index (χ4n) is 8.35. The number of hydrogen-bond acceptors (Lipinski definition) is 14. The summed E-state index contributed by atoms with van der Waals surface area (Å²) in [5.74, 6) is -1.50. The summed E-state index contributed by atoms with van der Waals surface area (Å²) < 4.78 is 5.16. The van der Waals surface area contributed by atoms with E-state index in [9.17, 15) is 34.8 Å². The second kappa shape index (κ2) is 28.1. The number of amides is 2. The molecule has 16 nitrogen and oxygen atoms in total. The lowest BCUT2D eigenvalue weighted by atomic mass is 9.86. The number of rotatable bonds is 30. The zero-order valence-electron chi connectivity index (χ0n) is 39.2. The molecule has 2 amide bonds. The molecule has 1 heterocycles. The highest BCUT2D eigenvalue weighted by Crippen LogP contribution is 2.59. The van der Waals surface area contributed by atoms with Crippen LogP contribution < -0.4 is 22.5 Å². The summed E-state index contributed by atoms with van der Waals surface area (Å²) in [5, 5.41) is 50.7. The molecule has 6 atom stereocenters. The molecule has 0 spiro atoms. The van der Waals surface area contributed by atoms with Crippen LogP contribution in [0.4, 0.5) is 11.6 Å². The van der Waals surface area contributed by atoms with Crippen LogP contribution in [0.3, 0.4) is 0 Å². The van der Waals surface area contributed by atoms with Crippen LogP contribution in [-0.2, 0) is 27.2 Å². The van der Waals surface area contributed by atoms with E-state index < -0.39 is 48.3 Å². The van der Waals surface area contributed by atoms with E-state index in [2.05, 4.69) is 58.3 Å². The van der Waals surface area contributed by atoms with Crippen LogP contribution in [-0.4, -0.2) is 110 Å². The number of hydrogen-bond donors (Lipinski definition) is 9. The number of anilines is 2. The van der Waals surface area contributed by atoms with E-state index in [1.165, 1.54) is 12.7 Å². The number of nitrogen functional groups attached to an aromatic ring is 2. The topological polar surface area (TPSA) is 284 Å². The maximum atomic E-state index is 13.9. The summed E-state index contributed by atoms with van der Waals surface area (Å²) in [6.07, 6.45) is 15.2. The van der Waals surface area contributed by atoms with E-state index in [1.807, 2.05) is 36.4 Å². The summed E-state index contributed by atoms with van der Waals surface area (Å²) in [4.78, 5) is 48.6. The zero-order valence-corrected chi connectivity index (χ0v) is 40.0. The Hall–Kier alpha value is -5.49. The van der Waals surface area contributed by atoms with Crippen LogP contribution in [0.1, 0.15) is 105 Å². The molecule has 370 valence electrons. The van der Waals surface area contributed by atoms with Crippen LogP contribution in [0.2, 0.25) is 5.15 Å². The van der Waals surface area contributed by atoms with Gasteiger partial charge in [0.25, 0.3) is 5.91 Å². The number of nitrogens with zero attached hydrogens (tertiary/aromatic N) is 3. The Morgan fingerprint density at radius 2 is 1.54 bits per heavy atom. The fraction of sp³-hybridized carbons (Fsp3) is 0.490. The molecule has 0 saturated heterocycles. The third-order valence-electron chi connectivity index (χ3n) is 12.6. The van der Waals surface area contributed by atoms with E-state index >= 15 is 0 Å². The first-order valence-corrected chi connectivity index (χ1v) is 23.9. The number of esters is 1. The fourth-order valence-corrected chi connectivity index (χ4v) is 8.48. The van der Waals surface area contributed by atoms with Crippen LogP contribution in [0, 0.1) is 16.7 Å². The van der Waals surface area contributed by atoms with E-state index in [-0.39, 0.29) is 53.0 Å². The zero-order chi connectivity index (χ0) is 49.6. The minimum atomic E-state index is -1.47. The minimum Gasteiger partial charge on any atom is -0.467 e. The Balaban J connectivity index is 1.22. The highest BCUT2D eigenvalue weighted by atomic mass is 35.5. The Labute approximate surface area is 405 Å². The van der Waals surface area contributed by atoms with Gasteiger partial charge in [0, 0.05) is 24.8 Å². The number of nitrogens with two attached hydrogens (primary N) is 3. The summed E-state index contributed by atoms with van der Waals surface area (Å²) in [6.45, 7) is 4.07. The van der Waals surface area contributed by atoms with Gasteiger partial charge in [0.05, 0.1) is 19.8 Å². The van der Waals surface area contributed by atoms with E-state index in [4.69, 9.17) is 38.9 Å². The number of benzene rings is 2. The molecule has 0 radical (unpaired) electrons. The average molecular weight is 960 g/mol. The van der Waals surface area contributed by atoms with Gasteiger partial charge in [0.1, 0.15) is 24.1 Å². The van der Waals surface area contributed by atoms with Gasteiger partial charge in [-0.15, -0.1) is 6.58 Å². The lowest BCUT2D eigenvalue weighted by Gasteiger charge is -2.30. The number of methoxy groups -OCH3 is 1. The molecule has 1 aliphatic rings. The molecule has 2 aromatic carbocycles. The first kappa shape index (κ1) is 55.1. The Morgan fingerprint density at radius 1 is 0.912 bits per heavy atom. The predicted octanol–water partition coefficient (Wildman–Crippen LogP) is 5.84. The molecule has 0 aliphatic heterocycles. The van der Waals surface area contributed by atoms with Gasteiger partial charge in [-0.3, -0.25) is 15.0 Å². The monoisotopic (exact) mass is 959 g/mol. The van der Waals surface area contributed by atoms with Gasteiger partial charge in [-0.25, -0.2) is 14.8 Å². The van der Waals surface area contributed by atoms with Gasteiger partial charge < -0.3 is 52.6 Å². The Morgan fingerprint density at radius 3 is 2.15 bits per heavy atom. The molecular weight excluding hydrogens is 888 g/mol. The molecule has 1 fully saturated rings. The number of halogens is 1. The number of amidine groups is 1. The summed E-state index contributed by atoms with van der Waals surface area (Å²) in [6, 6.07) is 16.0. The first-order chi connectivity index (χ1) is 32.7. The Kier molecular flexibility index (Phi) is 22.8. The molecule has 1 aliphatic carbocycles. The standard InChI is InChI=1S/C51H71ClN8O8/c1-3-38-32-51(38,45(65)44(64)40(62)33-61)29-13-8-5-9-15-31-60(39(50(67)68-2)17-12-14-30-53)42(63)28-23-35-21-26-37(27-22-35)36-24-19-34(20-25-36)16-10-6-4-7-11-18-41(54)57-49(66)43-47(55)59-48(56)46(52)58-43/h3,7-8,11,13,19-22,24-27,38-40,44-45,61-62,64-65H,1,4-6,9-10,12,14-18,23,28-33,53H2,2H3,(H2,54,57,66)(H4,55,56,59)/b11-7+,13-8+/t38?,39-,40+,44+,45-,51?/m0/s1. The molecule has 68 heavy (non-hydrogen) atoms. The third-order valence-corrected chi connectivity index (χ3v) is 12.8. The highest BCUT2D eigenvalue weighted by Gasteiger charge is 2.58. The van der Waals surface area contributed by atoms with Crippen molar-refractivity contribution in [2.24, 2.45) is 17.1 Å². The number of allylic oxidation sites excluding steroid dienone is 4. The number of aryl methyl sites for hydroxylation is 2. The third kappa shape index (κ3) is 16.3. The summed E-state index contributed by atoms with van der Waals surface area (Å²) >= 11 is 5.85. The van der Waals surface area contributed by atoms with E-state index in [0.29, 0.717) is 58.0 Å². The minimum absolute atomic E-state index is 0.0123.